The zero-order chi connectivity index (χ0) is 28.5. The molecule has 0 fully saturated rings. The fourth-order valence-electron chi connectivity index (χ4n) is 5.16. The van der Waals surface area contributed by atoms with Gasteiger partial charge in [0, 0.05) is 6.42 Å². The van der Waals surface area contributed by atoms with E-state index in [1.807, 2.05) is 73.7 Å². The average Bonchev–Trinajstić information content (AvgIpc) is 3.73. The number of aryl methyl sites for hydroxylation is 1. The van der Waals surface area contributed by atoms with Crippen LogP contribution in [0.5, 0.6) is 5.75 Å². The number of hydrazone groups is 1. The number of ether oxygens (including phenoxy) is 1. The molecule has 0 saturated carbocycles. The summed E-state index contributed by atoms with van der Waals surface area (Å²) in [7, 11) is 0. The Morgan fingerprint density at radius 2 is 1.62 bits per heavy atom. The Labute approximate surface area is 246 Å². The first-order valence-corrected chi connectivity index (χ1v) is 14.6. The number of para-hydroxylation sites is 1. The van der Waals surface area contributed by atoms with E-state index in [4.69, 9.17) is 9.84 Å². The Morgan fingerprint density at radius 3 is 2.36 bits per heavy atom. The number of benzene rings is 4. The molecule has 1 unspecified atom stereocenters. The minimum absolute atomic E-state index is 0.101. The van der Waals surface area contributed by atoms with Crippen LogP contribution in [-0.4, -0.2) is 20.3 Å². The van der Waals surface area contributed by atoms with Crippen molar-refractivity contribution in [1.29, 1.82) is 0 Å². The highest BCUT2D eigenvalue weighted by Gasteiger charge is 2.29. The van der Waals surface area contributed by atoms with Gasteiger partial charge >= 0.3 is 0 Å². The van der Waals surface area contributed by atoms with E-state index >= 15 is 0 Å². The molecule has 7 rings (SSSR count). The molecule has 1 atom stereocenters. The van der Waals surface area contributed by atoms with E-state index in [0.29, 0.717) is 15.3 Å². The molecular weight excluding hydrogens is 542 g/mol. The second-order valence-corrected chi connectivity index (χ2v) is 11.2. The molecule has 42 heavy (non-hydrogen) atoms. The van der Waals surface area contributed by atoms with E-state index < -0.39 is 0 Å². The molecule has 6 aromatic rings. The van der Waals surface area contributed by atoms with Crippen LogP contribution in [-0.2, 0) is 6.61 Å². The van der Waals surface area contributed by atoms with Crippen molar-refractivity contribution >= 4 is 33.8 Å². The fraction of sp³-hybridized carbons (Fsp3) is 0.118. The zero-order valence-electron chi connectivity index (χ0n) is 22.9. The SMILES string of the molecule is Cc1ccccc1OCc1nc2sc(=Cc3ccc(N4N=C(c5ccccc5)CC4c4ccccc4)cc3)c(=O)n2n1. The molecule has 0 amide bonds. The first kappa shape index (κ1) is 25.9. The summed E-state index contributed by atoms with van der Waals surface area (Å²) in [5.41, 5.74) is 6.19. The van der Waals surface area contributed by atoms with Crippen molar-refractivity contribution < 1.29 is 4.74 Å². The molecular formula is C34H27N5O2S. The summed E-state index contributed by atoms with van der Waals surface area (Å²) in [5.74, 6) is 1.26. The average molecular weight is 570 g/mol. The Hall–Kier alpha value is -5.08. The molecule has 0 saturated heterocycles. The summed E-state index contributed by atoms with van der Waals surface area (Å²) in [6.07, 6.45) is 2.70. The van der Waals surface area contributed by atoms with Crippen LogP contribution in [0.1, 0.15) is 40.5 Å². The lowest BCUT2D eigenvalue weighted by Crippen LogP contribution is -2.24. The lowest BCUT2D eigenvalue weighted by molar-refractivity contribution is 0.294. The van der Waals surface area contributed by atoms with Crippen molar-refractivity contribution in [2.24, 2.45) is 5.10 Å². The molecule has 7 nitrogen and oxygen atoms in total. The van der Waals surface area contributed by atoms with Gasteiger partial charge in [-0.2, -0.15) is 14.6 Å². The predicted octanol–water partition coefficient (Wildman–Crippen LogP) is 5.94. The van der Waals surface area contributed by atoms with Gasteiger partial charge < -0.3 is 4.74 Å². The summed E-state index contributed by atoms with van der Waals surface area (Å²) in [4.78, 5) is 18.2. The van der Waals surface area contributed by atoms with Crippen molar-refractivity contribution in [3.05, 3.63) is 152 Å². The van der Waals surface area contributed by atoms with E-state index in [-0.39, 0.29) is 18.2 Å². The van der Waals surface area contributed by atoms with E-state index in [2.05, 4.69) is 63.6 Å². The standard InChI is InChI=1S/C34H27N5O2S/c1-23-10-8-9-15-30(23)41-22-32-35-34-39(37-32)33(40)31(42-34)20-24-16-18-27(19-17-24)38-29(26-13-6-3-7-14-26)21-28(36-38)25-11-4-2-5-12-25/h2-20,29H,21-22H2,1H3. The van der Waals surface area contributed by atoms with Gasteiger partial charge in [-0.15, -0.1) is 5.10 Å². The molecule has 0 radical (unpaired) electrons. The third-order valence-corrected chi connectivity index (χ3v) is 8.29. The van der Waals surface area contributed by atoms with Crippen molar-refractivity contribution in [2.45, 2.75) is 26.0 Å². The van der Waals surface area contributed by atoms with Crippen LogP contribution in [0, 0.1) is 6.92 Å². The third-order valence-electron chi connectivity index (χ3n) is 7.33. The van der Waals surface area contributed by atoms with E-state index in [1.165, 1.54) is 21.4 Å². The largest absolute Gasteiger partial charge is 0.485 e. The number of fused-ring (bicyclic) bond motifs is 1. The van der Waals surface area contributed by atoms with Crippen LogP contribution in [0.4, 0.5) is 5.69 Å². The Bertz CT molecular complexity index is 2000. The molecule has 0 bridgehead atoms. The molecule has 1 aliphatic heterocycles. The predicted molar refractivity (Wildman–Crippen MR) is 167 cm³/mol. The fourth-order valence-corrected chi connectivity index (χ4v) is 6.09. The number of hydrogen-bond donors (Lipinski definition) is 0. The van der Waals surface area contributed by atoms with Gasteiger partial charge in [0.05, 0.1) is 22.0 Å². The number of rotatable bonds is 7. The van der Waals surface area contributed by atoms with E-state index in [9.17, 15) is 4.79 Å². The molecule has 0 N–H and O–H groups in total. The maximum Gasteiger partial charge on any atom is 0.291 e. The van der Waals surface area contributed by atoms with Gasteiger partial charge in [0.15, 0.2) is 5.82 Å². The summed E-state index contributed by atoms with van der Waals surface area (Å²) >= 11 is 1.32. The van der Waals surface area contributed by atoms with Crippen molar-refractivity contribution in [3.63, 3.8) is 0 Å². The third kappa shape index (κ3) is 5.08. The number of thiazole rings is 1. The molecule has 206 valence electrons. The summed E-state index contributed by atoms with van der Waals surface area (Å²) in [5, 5.41) is 11.5. The molecule has 8 heteroatoms. The number of aromatic nitrogens is 3. The quantitative estimate of drug-likeness (QED) is 0.238. The zero-order valence-corrected chi connectivity index (χ0v) is 23.7. The second kappa shape index (κ2) is 11.1. The summed E-state index contributed by atoms with van der Waals surface area (Å²) in [6.45, 7) is 2.19. The lowest BCUT2D eigenvalue weighted by Gasteiger charge is -2.24. The highest BCUT2D eigenvalue weighted by Crippen LogP contribution is 2.36. The van der Waals surface area contributed by atoms with Crippen LogP contribution in [0.25, 0.3) is 11.0 Å². The number of anilines is 1. The van der Waals surface area contributed by atoms with Gasteiger partial charge in [0.1, 0.15) is 12.4 Å². The monoisotopic (exact) mass is 569 g/mol. The number of hydrogen-bond acceptors (Lipinski definition) is 7. The first-order chi connectivity index (χ1) is 20.6. The lowest BCUT2D eigenvalue weighted by atomic mass is 9.98. The van der Waals surface area contributed by atoms with Crippen LogP contribution in [0.2, 0.25) is 0 Å². The van der Waals surface area contributed by atoms with Gasteiger partial charge in [0.25, 0.3) is 5.56 Å². The van der Waals surface area contributed by atoms with Gasteiger partial charge in [-0.05, 0) is 53.5 Å². The minimum atomic E-state index is -0.186. The van der Waals surface area contributed by atoms with Crippen LogP contribution >= 0.6 is 11.3 Å². The summed E-state index contributed by atoms with van der Waals surface area (Å²) < 4.78 is 7.79. The van der Waals surface area contributed by atoms with E-state index in [0.717, 1.165) is 40.3 Å². The Balaban J connectivity index is 1.14. The normalized spacial score (nSPS) is 15.4. The van der Waals surface area contributed by atoms with Crippen molar-refractivity contribution in [2.75, 3.05) is 5.01 Å². The second-order valence-electron chi connectivity index (χ2n) is 10.2. The molecule has 0 spiro atoms. The van der Waals surface area contributed by atoms with Crippen molar-refractivity contribution in [1.82, 2.24) is 14.6 Å². The smallest absolute Gasteiger partial charge is 0.291 e. The molecule has 3 heterocycles. The maximum absolute atomic E-state index is 13.1. The molecule has 1 aliphatic rings. The Morgan fingerprint density at radius 1 is 0.905 bits per heavy atom. The van der Waals surface area contributed by atoms with Gasteiger partial charge in [-0.3, -0.25) is 9.80 Å². The topological polar surface area (TPSA) is 72.1 Å². The summed E-state index contributed by atoms with van der Waals surface area (Å²) in [6, 6.07) is 36.8. The van der Waals surface area contributed by atoms with E-state index in [1.54, 1.807) is 0 Å². The van der Waals surface area contributed by atoms with Gasteiger partial charge in [0.2, 0.25) is 4.96 Å². The van der Waals surface area contributed by atoms with Crippen LogP contribution in [0.3, 0.4) is 0 Å². The highest BCUT2D eigenvalue weighted by atomic mass is 32.1. The first-order valence-electron chi connectivity index (χ1n) is 13.8. The highest BCUT2D eigenvalue weighted by molar-refractivity contribution is 7.15. The molecule has 2 aromatic heterocycles. The molecule has 0 aliphatic carbocycles. The van der Waals surface area contributed by atoms with Crippen molar-refractivity contribution in [3.8, 4) is 5.75 Å². The van der Waals surface area contributed by atoms with Crippen LogP contribution in [0.15, 0.2) is 119 Å². The van der Waals surface area contributed by atoms with Gasteiger partial charge in [-0.25, -0.2) is 0 Å². The number of nitrogens with zero attached hydrogens (tertiary/aromatic N) is 5. The van der Waals surface area contributed by atoms with Crippen LogP contribution < -0.4 is 19.8 Å². The minimum Gasteiger partial charge on any atom is -0.485 e. The maximum atomic E-state index is 13.1. The van der Waals surface area contributed by atoms with Gasteiger partial charge in [-0.1, -0.05) is 102 Å². The molecule has 4 aromatic carbocycles. The Kier molecular flexibility index (Phi) is 6.81.